The number of rotatable bonds is 8. The lowest BCUT2D eigenvalue weighted by Crippen LogP contribution is -2.30. The van der Waals surface area contributed by atoms with Gasteiger partial charge >= 0.3 is 0 Å². The molecule has 0 saturated carbocycles. The summed E-state index contributed by atoms with van der Waals surface area (Å²) >= 11 is 6.13. The lowest BCUT2D eigenvalue weighted by Gasteiger charge is -2.12. The van der Waals surface area contributed by atoms with Gasteiger partial charge in [0.05, 0.1) is 0 Å². The minimum Gasteiger partial charge on any atom is -0.321 e. The molecule has 4 aromatic rings. The summed E-state index contributed by atoms with van der Waals surface area (Å²) in [7, 11) is 0. The van der Waals surface area contributed by atoms with Crippen molar-refractivity contribution in [2.24, 2.45) is 0 Å². The van der Waals surface area contributed by atoms with E-state index in [0.717, 1.165) is 11.1 Å². The molecule has 4 rings (SSSR count). The van der Waals surface area contributed by atoms with Crippen molar-refractivity contribution in [2.75, 3.05) is 5.32 Å². The molecular weight excluding hydrogens is 484 g/mol. The number of carbonyl (C=O) groups is 3. The molecule has 2 amide bonds. The fourth-order valence-electron chi connectivity index (χ4n) is 3.45. The van der Waals surface area contributed by atoms with Crippen LogP contribution in [0.2, 0.25) is 5.02 Å². The summed E-state index contributed by atoms with van der Waals surface area (Å²) in [6.07, 6.45) is 4.72. The van der Waals surface area contributed by atoms with E-state index in [1.807, 2.05) is 54.6 Å². The Labute approximate surface area is 220 Å². The van der Waals surface area contributed by atoms with Crippen LogP contribution in [0.5, 0.6) is 0 Å². The van der Waals surface area contributed by atoms with Crippen LogP contribution in [0.1, 0.15) is 31.8 Å². The van der Waals surface area contributed by atoms with Gasteiger partial charge in [-0.05, 0) is 71.8 Å². The average molecular weight is 507 g/mol. The molecular formula is C31H23ClN2O3. The number of amides is 2. The van der Waals surface area contributed by atoms with Crippen LogP contribution >= 0.6 is 11.6 Å². The Balaban J connectivity index is 1.48. The van der Waals surface area contributed by atoms with E-state index in [1.54, 1.807) is 66.7 Å². The van der Waals surface area contributed by atoms with Crippen LogP contribution in [0.15, 0.2) is 121 Å². The first-order valence-electron chi connectivity index (χ1n) is 11.5. The number of hydrogen-bond acceptors (Lipinski definition) is 3. The summed E-state index contributed by atoms with van der Waals surface area (Å²) < 4.78 is 0. The monoisotopic (exact) mass is 506 g/mol. The molecule has 6 heteroatoms. The first kappa shape index (κ1) is 25.4. The topological polar surface area (TPSA) is 75.3 Å². The van der Waals surface area contributed by atoms with E-state index in [2.05, 4.69) is 10.6 Å². The van der Waals surface area contributed by atoms with Crippen molar-refractivity contribution >= 4 is 47.0 Å². The minimum atomic E-state index is -0.495. The predicted octanol–water partition coefficient (Wildman–Crippen LogP) is 6.65. The van der Waals surface area contributed by atoms with Gasteiger partial charge in [-0.2, -0.15) is 0 Å². The standard InChI is InChI=1S/C31H23ClN2O3/c32-27-14-8-7-11-23(27)17-20-29(35)24-15-18-26(19-16-24)33-31(37)28(21-22-9-3-1-4-10-22)34-30(36)25-12-5-2-6-13-25/h1-21H,(H,33,37)(H,34,36)/b20-17+,28-21-. The van der Waals surface area contributed by atoms with Crippen LogP contribution in [-0.2, 0) is 4.79 Å². The van der Waals surface area contributed by atoms with Gasteiger partial charge in [0.1, 0.15) is 5.70 Å². The number of anilines is 1. The molecule has 0 saturated heterocycles. The predicted molar refractivity (Wildman–Crippen MR) is 148 cm³/mol. The van der Waals surface area contributed by atoms with Crippen LogP contribution in [0.25, 0.3) is 12.2 Å². The van der Waals surface area contributed by atoms with Gasteiger partial charge in [0.25, 0.3) is 11.8 Å². The Bertz CT molecular complexity index is 1460. The first-order valence-corrected chi connectivity index (χ1v) is 11.9. The van der Waals surface area contributed by atoms with E-state index < -0.39 is 11.8 Å². The number of carbonyl (C=O) groups excluding carboxylic acids is 3. The highest BCUT2D eigenvalue weighted by Gasteiger charge is 2.15. The molecule has 0 aliphatic rings. The van der Waals surface area contributed by atoms with E-state index in [0.29, 0.717) is 21.8 Å². The molecule has 37 heavy (non-hydrogen) atoms. The van der Waals surface area contributed by atoms with E-state index in [-0.39, 0.29) is 11.5 Å². The zero-order chi connectivity index (χ0) is 26.0. The summed E-state index contributed by atoms with van der Waals surface area (Å²) in [6, 6.07) is 31.6. The number of halogens is 1. The van der Waals surface area contributed by atoms with Gasteiger partial charge in [0.2, 0.25) is 0 Å². The molecule has 0 aliphatic heterocycles. The Hall–Kier alpha value is -4.74. The van der Waals surface area contributed by atoms with Crippen molar-refractivity contribution in [1.82, 2.24) is 5.32 Å². The molecule has 0 atom stereocenters. The zero-order valence-corrected chi connectivity index (χ0v) is 20.5. The van der Waals surface area contributed by atoms with Crippen molar-refractivity contribution in [1.29, 1.82) is 0 Å². The molecule has 4 aromatic carbocycles. The Morgan fingerprint density at radius 2 is 1.30 bits per heavy atom. The molecule has 0 heterocycles. The third-order valence-corrected chi connectivity index (χ3v) is 5.73. The van der Waals surface area contributed by atoms with Crippen LogP contribution < -0.4 is 10.6 Å². The molecule has 0 bridgehead atoms. The van der Waals surface area contributed by atoms with Gasteiger partial charge in [-0.15, -0.1) is 0 Å². The molecule has 0 fully saturated rings. The normalized spacial score (nSPS) is 11.2. The Kier molecular flexibility index (Phi) is 8.42. The highest BCUT2D eigenvalue weighted by molar-refractivity contribution is 6.32. The molecule has 2 N–H and O–H groups in total. The quantitative estimate of drug-likeness (QED) is 0.207. The fraction of sp³-hybridized carbons (Fsp3) is 0. The summed E-state index contributed by atoms with van der Waals surface area (Å²) in [5.41, 5.74) is 2.96. The van der Waals surface area contributed by atoms with Crippen LogP contribution in [0, 0.1) is 0 Å². The van der Waals surface area contributed by atoms with Gasteiger partial charge in [-0.1, -0.05) is 78.3 Å². The fourth-order valence-corrected chi connectivity index (χ4v) is 3.65. The second kappa shape index (κ2) is 12.3. The van der Waals surface area contributed by atoms with E-state index in [9.17, 15) is 14.4 Å². The maximum absolute atomic E-state index is 13.1. The molecule has 182 valence electrons. The summed E-state index contributed by atoms with van der Waals surface area (Å²) in [5.74, 6) is -1.09. The number of ketones is 1. The van der Waals surface area contributed by atoms with Crippen molar-refractivity contribution in [3.8, 4) is 0 Å². The second-order valence-corrected chi connectivity index (χ2v) is 8.45. The van der Waals surface area contributed by atoms with Crippen molar-refractivity contribution in [3.05, 3.63) is 148 Å². The van der Waals surface area contributed by atoms with Gasteiger partial charge < -0.3 is 10.6 Å². The smallest absolute Gasteiger partial charge is 0.272 e. The number of allylic oxidation sites excluding steroid dienone is 1. The van der Waals surface area contributed by atoms with E-state index in [4.69, 9.17) is 11.6 Å². The third-order valence-electron chi connectivity index (χ3n) is 5.39. The molecule has 0 aromatic heterocycles. The number of nitrogens with one attached hydrogen (secondary N) is 2. The van der Waals surface area contributed by atoms with Crippen LogP contribution in [0.3, 0.4) is 0 Å². The molecule has 0 aliphatic carbocycles. The lowest BCUT2D eigenvalue weighted by molar-refractivity contribution is -0.113. The summed E-state index contributed by atoms with van der Waals surface area (Å²) in [5, 5.41) is 6.04. The van der Waals surface area contributed by atoms with Crippen LogP contribution in [-0.4, -0.2) is 17.6 Å². The Morgan fingerprint density at radius 3 is 1.97 bits per heavy atom. The van der Waals surface area contributed by atoms with Gasteiger partial charge in [0, 0.05) is 21.8 Å². The number of hydrogen-bond donors (Lipinski definition) is 2. The maximum Gasteiger partial charge on any atom is 0.272 e. The highest BCUT2D eigenvalue weighted by atomic mass is 35.5. The highest BCUT2D eigenvalue weighted by Crippen LogP contribution is 2.18. The maximum atomic E-state index is 13.1. The van der Waals surface area contributed by atoms with Crippen molar-refractivity contribution < 1.29 is 14.4 Å². The van der Waals surface area contributed by atoms with Gasteiger partial charge in [-0.25, -0.2) is 0 Å². The van der Waals surface area contributed by atoms with Crippen molar-refractivity contribution in [3.63, 3.8) is 0 Å². The summed E-state index contributed by atoms with van der Waals surface area (Å²) in [4.78, 5) is 38.4. The SMILES string of the molecule is O=C(Nc1ccc(C(=O)/C=C/c2ccccc2Cl)cc1)/C(=C/c1ccccc1)NC(=O)c1ccccc1. The van der Waals surface area contributed by atoms with Gasteiger partial charge in [-0.3, -0.25) is 14.4 Å². The largest absolute Gasteiger partial charge is 0.321 e. The summed E-state index contributed by atoms with van der Waals surface area (Å²) in [6.45, 7) is 0. The number of benzene rings is 4. The first-order chi connectivity index (χ1) is 18.0. The minimum absolute atomic E-state index is 0.0860. The average Bonchev–Trinajstić information content (AvgIpc) is 2.93. The Morgan fingerprint density at radius 1 is 0.676 bits per heavy atom. The van der Waals surface area contributed by atoms with E-state index in [1.165, 1.54) is 6.08 Å². The lowest BCUT2D eigenvalue weighted by atomic mass is 10.1. The molecule has 0 spiro atoms. The van der Waals surface area contributed by atoms with Gasteiger partial charge in [0.15, 0.2) is 5.78 Å². The second-order valence-electron chi connectivity index (χ2n) is 8.04. The molecule has 0 unspecified atom stereocenters. The molecule has 0 radical (unpaired) electrons. The van der Waals surface area contributed by atoms with Crippen LogP contribution in [0.4, 0.5) is 5.69 Å². The zero-order valence-electron chi connectivity index (χ0n) is 19.7. The van der Waals surface area contributed by atoms with Crippen molar-refractivity contribution in [2.45, 2.75) is 0 Å². The third kappa shape index (κ3) is 7.13. The van der Waals surface area contributed by atoms with E-state index >= 15 is 0 Å². The molecule has 5 nitrogen and oxygen atoms in total.